The molecule has 88 heavy (non-hydrogen) atoms. The molecular weight excluding hydrogens is 1170 g/mol. The lowest BCUT2D eigenvalue weighted by Crippen LogP contribution is -2.59. The lowest BCUT2D eigenvalue weighted by atomic mass is 9.99. The van der Waals surface area contributed by atoms with Crippen LogP contribution in [0.2, 0.25) is 0 Å². The van der Waals surface area contributed by atoms with E-state index < -0.39 is 88.7 Å². The molecule has 15 N–H and O–H groups in total. The Morgan fingerprint density at radius 1 is 0.716 bits per heavy atom. The van der Waals surface area contributed by atoms with Crippen LogP contribution >= 0.6 is 0 Å². The van der Waals surface area contributed by atoms with Crippen LogP contribution in [0, 0.1) is 5.92 Å². The third-order valence-electron chi connectivity index (χ3n) is 12.7. The number of nitrogens with two attached hydrogens (primary N) is 2. The lowest BCUT2D eigenvalue weighted by molar-refractivity contribution is -0.141. The largest absolute Gasteiger partial charge is 0.494 e. The minimum Gasteiger partial charge on any atom is -0.494 e. The average molecular weight is 1250 g/mol. The molecule has 31 nitrogen and oxygen atoms in total. The van der Waals surface area contributed by atoms with Crippen molar-refractivity contribution in [2.45, 2.75) is 101 Å². The van der Waals surface area contributed by atoms with Crippen molar-refractivity contribution in [3.05, 3.63) is 83.6 Å². The Hall–Kier alpha value is -8.85. The highest BCUT2D eigenvalue weighted by molar-refractivity contribution is 7.86. The highest BCUT2D eigenvalue weighted by atomic mass is 32.2. The van der Waals surface area contributed by atoms with Crippen molar-refractivity contribution in [3.8, 4) is 5.75 Å². The molecule has 0 radical (unpaired) electrons. The number of amides is 8. The van der Waals surface area contributed by atoms with Gasteiger partial charge in [0.15, 0.2) is 5.96 Å². The summed E-state index contributed by atoms with van der Waals surface area (Å²) in [6, 6.07) is 9.99. The fraction of sp³-hybridized carbons (Fsp3) is 0.500. The molecule has 1 aliphatic heterocycles. The number of hydrogen-bond acceptors (Lipinski definition) is 19. The number of hydrazone groups is 1. The Labute approximate surface area is 509 Å². The van der Waals surface area contributed by atoms with Gasteiger partial charge in [-0.05, 0) is 73.9 Å². The molecule has 1 fully saturated rings. The number of carboxylic acids is 1. The molecule has 4 atom stereocenters. The Balaban J connectivity index is 1.04. The number of anilines is 1. The van der Waals surface area contributed by atoms with Gasteiger partial charge in [-0.15, -0.1) is 0 Å². The molecule has 482 valence electrons. The van der Waals surface area contributed by atoms with E-state index in [2.05, 4.69) is 63.0 Å². The number of carbonyl (C=O) groups excluding carboxylic acids is 8. The van der Waals surface area contributed by atoms with Crippen molar-refractivity contribution >= 4 is 81.3 Å². The molecule has 32 heteroatoms. The number of rotatable bonds is 36. The molecule has 1 saturated heterocycles. The van der Waals surface area contributed by atoms with Gasteiger partial charge in [0.25, 0.3) is 16.0 Å². The second-order valence-electron chi connectivity index (χ2n) is 20.1. The molecule has 1 aromatic heterocycles. The zero-order valence-electron chi connectivity index (χ0n) is 49.1. The summed E-state index contributed by atoms with van der Waals surface area (Å²) in [6.45, 7) is 6.19. The molecule has 8 amide bonds. The molecule has 0 spiro atoms. The molecule has 1 aliphatic rings. The average Bonchev–Trinajstić information content (AvgIpc) is 3.72. The highest BCUT2D eigenvalue weighted by Gasteiger charge is 2.34. The molecule has 0 unspecified atom stereocenters. The molecule has 3 aromatic rings. The number of ether oxygens (including phenoxy) is 4. The molecule has 2 heterocycles. The predicted molar refractivity (Wildman–Crippen MR) is 319 cm³/mol. The van der Waals surface area contributed by atoms with E-state index in [1.165, 1.54) is 36.7 Å². The zero-order chi connectivity index (χ0) is 64.3. The number of nitrogens with zero attached hydrogens (tertiary/aromatic N) is 3. The van der Waals surface area contributed by atoms with Gasteiger partial charge in [0.2, 0.25) is 41.4 Å². The van der Waals surface area contributed by atoms with Crippen LogP contribution in [-0.2, 0) is 69.1 Å². The zero-order valence-corrected chi connectivity index (χ0v) is 49.9. The lowest BCUT2D eigenvalue weighted by Gasteiger charge is -2.27. The number of hydrogen-bond donors (Lipinski definition) is 13. The van der Waals surface area contributed by atoms with E-state index in [1.807, 2.05) is 0 Å². The van der Waals surface area contributed by atoms with Crippen molar-refractivity contribution in [2.75, 3.05) is 84.4 Å². The van der Waals surface area contributed by atoms with Gasteiger partial charge in [-0.3, -0.25) is 58.1 Å². The van der Waals surface area contributed by atoms with E-state index in [4.69, 9.17) is 30.4 Å². The summed E-state index contributed by atoms with van der Waals surface area (Å²) in [4.78, 5) is 124. The van der Waals surface area contributed by atoms with Crippen molar-refractivity contribution < 1.29 is 80.2 Å². The van der Waals surface area contributed by atoms with Crippen LogP contribution in [0.3, 0.4) is 0 Å². The van der Waals surface area contributed by atoms with Crippen LogP contribution in [0.25, 0.3) is 0 Å². The maximum Gasteiger partial charge on any atom is 0.305 e. The summed E-state index contributed by atoms with van der Waals surface area (Å²) in [6.07, 6.45) is 3.42. The number of carbonyl (C=O) groups is 9. The van der Waals surface area contributed by atoms with Crippen LogP contribution in [0.5, 0.6) is 5.75 Å². The van der Waals surface area contributed by atoms with Gasteiger partial charge >= 0.3 is 5.97 Å². The normalized spacial score (nSPS) is 16.8. The maximum atomic E-state index is 13.9. The summed E-state index contributed by atoms with van der Waals surface area (Å²) in [7, 11) is -4.42. The molecule has 0 saturated carbocycles. The van der Waals surface area contributed by atoms with Crippen LogP contribution < -0.4 is 64.2 Å². The van der Waals surface area contributed by atoms with Gasteiger partial charge in [0.05, 0.1) is 57.8 Å². The van der Waals surface area contributed by atoms with Gasteiger partial charge < -0.3 is 78.1 Å². The summed E-state index contributed by atoms with van der Waals surface area (Å²) in [5, 5.41) is 34.3. The number of carboxylic acid groups (broad SMARTS) is 1. The monoisotopic (exact) mass is 1250 g/mol. The summed E-state index contributed by atoms with van der Waals surface area (Å²) in [5.41, 5.74) is 14.5. The first-order chi connectivity index (χ1) is 42.1. The van der Waals surface area contributed by atoms with E-state index in [9.17, 15) is 61.2 Å². The smallest absolute Gasteiger partial charge is 0.305 e. The summed E-state index contributed by atoms with van der Waals surface area (Å²) in [5.74, 6) is -6.45. The molecular formula is C56H80N14O17S. The predicted octanol–water partition coefficient (Wildman–Crippen LogP) is -1.39. The van der Waals surface area contributed by atoms with Crippen LogP contribution in [0.1, 0.15) is 86.7 Å². The first-order valence-corrected chi connectivity index (χ1v) is 29.9. The van der Waals surface area contributed by atoms with Crippen LogP contribution in [-0.4, -0.2) is 192 Å². The second-order valence-corrected chi connectivity index (χ2v) is 21.5. The standard InChI is InChI=1S/C56H80N14O17S/c1-36(2)50-55(80)67-41(10-5-20-62-56(57)58)52(77)64-35-48(73)66-43(32-49(74)75)53(78)68-42(54(79)69-50)31-37-12-15-40(16-13-37)87-26-8-22-60-47(72)19-18-46(71)59-21-6-24-84-27-29-86-30-28-85-25-7-23-61-51(76)39-14-17-45(63-33-39)70-65-34-38-9-3-4-11-44(38)88(81,82)83/h3-4,9,11-17,33-34,36,41-43,50H,5-8,10,18-32,35H2,1-2H3,(H,59,71)(H,60,72)(H,61,76)(H,63,70)(H,64,77)(H,66,73)(H,67,80)(H,68,78)(H,69,79)(H,74,75)(H4,57,58,62)(H,81,82,83)/b65-34+/t41-,42+,43-,50-/m0/s1. The maximum absolute atomic E-state index is 13.9. The van der Waals surface area contributed by atoms with E-state index >= 15 is 0 Å². The van der Waals surface area contributed by atoms with Crippen molar-refractivity contribution in [1.29, 1.82) is 0 Å². The second kappa shape index (κ2) is 39.0. The van der Waals surface area contributed by atoms with E-state index in [1.54, 1.807) is 50.2 Å². The van der Waals surface area contributed by atoms with Crippen LogP contribution in [0.4, 0.5) is 5.82 Å². The van der Waals surface area contributed by atoms with Crippen molar-refractivity contribution in [2.24, 2.45) is 27.5 Å². The number of aliphatic imine (C=N–C) groups is 1. The highest BCUT2D eigenvalue weighted by Crippen LogP contribution is 2.17. The van der Waals surface area contributed by atoms with Gasteiger partial charge in [0, 0.05) is 70.4 Å². The van der Waals surface area contributed by atoms with E-state index in [0.717, 1.165) is 0 Å². The number of pyridine rings is 1. The molecule has 4 rings (SSSR count). The minimum absolute atomic E-state index is 0.00275. The number of benzene rings is 2. The first kappa shape index (κ1) is 71.6. The Morgan fingerprint density at radius 2 is 1.32 bits per heavy atom. The summed E-state index contributed by atoms with van der Waals surface area (Å²) < 4.78 is 54.9. The Bertz CT molecular complexity index is 2950. The van der Waals surface area contributed by atoms with E-state index in [0.29, 0.717) is 94.7 Å². The third-order valence-corrected chi connectivity index (χ3v) is 13.6. The molecule has 0 aliphatic carbocycles. The third kappa shape index (κ3) is 28.6. The van der Waals surface area contributed by atoms with Gasteiger partial charge in [-0.25, -0.2) is 4.98 Å². The van der Waals surface area contributed by atoms with Crippen molar-refractivity contribution in [1.82, 2.24) is 47.5 Å². The Kier molecular flexibility index (Phi) is 31.8. The number of nitrogens with one attached hydrogen (secondary N) is 9. The molecule has 2 aromatic carbocycles. The van der Waals surface area contributed by atoms with Gasteiger partial charge in [-0.1, -0.05) is 44.2 Å². The Morgan fingerprint density at radius 3 is 1.92 bits per heavy atom. The number of aromatic nitrogens is 1. The fourth-order valence-corrected chi connectivity index (χ4v) is 8.75. The number of aliphatic carboxylic acids is 1. The quantitative estimate of drug-likeness (QED) is 0.0105. The van der Waals surface area contributed by atoms with E-state index in [-0.39, 0.29) is 85.9 Å². The SMILES string of the molecule is CC(C)[C@@H]1NC(=O)[C@@H](Cc2ccc(OCCCNC(=O)CCC(=O)NCCCOCCOCCOCCCNC(=O)c3ccc(N/N=C/c4ccccc4S(=O)(=O)O)nc3)cc2)NC(=O)[C@H](CC(=O)O)NC(=O)CNC(=O)[C@H](CCCN=C(N)N)NC1=O. The van der Waals surface area contributed by atoms with Crippen molar-refractivity contribution in [3.63, 3.8) is 0 Å². The minimum atomic E-state index is -4.42. The summed E-state index contributed by atoms with van der Waals surface area (Å²) >= 11 is 0. The number of guanidine groups is 1. The van der Waals surface area contributed by atoms with Crippen LogP contribution in [0.15, 0.2) is 81.8 Å². The topological polar surface area (TPSA) is 463 Å². The molecule has 0 bridgehead atoms. The van der Waals surface area contributed by atoms with Gasteiger partial charge in [-0.2, -0.15) is 13.5 Å². The van der Waals surface area contributed by atoms with Gasteiger partial charge in [0.1, 0.15) is 40.6 Å². The first-order valence-electron chi connectivity index (χ1n) is 28.4. The fourth-order valence-electron chi connectivity index (χ4n) is 8.08.